The number of fused-ring (bicyclic) bond motifs is 1. The third-order valence-corrected chi connectivity index (χ3v) is 3.27. The molecule has 0 saturated heterocycles. The highest BCUT2D eigenvalue weighted by Crippen LogP contribution is 2.21. The normalized spacial score (nSPS) is 10.7. The zero-order valence-electron chi connectivity index (χ0n) is 11.4. The first-order valence-corrected chi connectivity index (χ1v) is 6.74. The third-order valence-electron chi connectivity index (χ3n) is 3.27. The molecule has 0 amide bonds. The van der Waals surface area contributed by atoms with Crippen LogP contribution in [0.4, 0.5) is 5.82 Å². The van der Waals surface area contributed by atoms with Gasteiger partial charge in [0.15, 0.2) is 0 Å². The predicted octanol–water partition coefficient (Wildman–Crippen LogP) is 3.20. The summed E-state index contributed by atoms with van der Waals surface area (Å²) < 4.78 is 0. The van der Waals surface area contributed by atoms with Crippen molar-refractivity contribution in [2.45, 2.75) is 19.9 Å². The first kappa shape index (κ1) is 12.5. The number of benzene rings is 1. The van der Waals surface area contributed by atoms with E-state index < -0.39 is 0 Å². The molecule has 20 heavy (non-hydrogen) atoms. The van der Waals surface area contributed by atoms with Crippen LogP contribution in [-0.4, -0.2) is 15.0 Å². The van der Waals surface area contributed by atoms with Crippen molar-refractivity contribution in [2.75, 3.05) is 5.32 Å². The number of nitrogens with zero attached hydrogens (tertiary/aromatic N) is 3. The van der Waals surface area contributed by atoms with E-state index in [9.17, 15) is 0 Å². The topological polar surface area (TPSA) is 50.7 Å². The van der Waals surface area contributed by atoms with Crippen LogP contribution in [0.1, 0.15) is 18.2 Å². The largest absolute Gasteiger partial charge is 0.364 e. The molecule has 1 aromatic carbocycles. The van der Waals surface area contributed by atoms with Crippen LogP contribution in [0.25, 0.3) is 10.9 Å². The number of nitrogens with one attached hydrogen (secondary N) is 1. The molecular weight excluding hydrogens is 248 g/mol. The molecule has 3 rings (SSSR count). The fourth-order valence-corrected chi connectivity index (χ4v) is 2.14. The molecule has 4 heteroatoms. The fourth-order valence-electron chi connectivity index (χ4n) is 2.14. The Kier molecular flexibility index (Phi) is 3.54. The van der Waals surface area contributed by atoms with Crippen molar-refractivity contribution in [1.29, 1.82) is 0 Å². The van der Waals surface area contributed by atoms with Crippen molar-refractivity contribution in [2.24, 2.45) is 0 Å². The second kappa shape index (κ2) is 5.65. The quantitative estimate of drug-likeness (QED) is 0.786. The van der Waals surface area contributed by atoms with Crippen molar-refractivity contribution in [3.8, 4) is 0 Å². The lowest BCUT2D eigenvalue weighted by Gasteiger charge is -2.08. The van der Waals surface area contributed by atoms with E-state index in [0.717, 1.165) is 28.8 Å². The van der Waals surface area contributed by atoms with Crippen molar-refractivity contribution < 1.29 is 0 Å². The average molecular weight is 264 g/mol. The zero-order chi connectivity index (χ0) is 13.8. The van der Waals surface area contributed by atoms with E-state index in [1.807, 2.05) is 24.3 Å². The van der Waals surface area contributed by atoms with Crippen LogP contribution in [-0.2, 0) is 13.0 Å². The molecular formula is C16H16N4. The van der Waals surface area contributed by atoms with E-state index in [4.69, 9.17) is 0 Å². The number of pyridine rings is 1. The van der Waals surface area contributed by atoms with Gasteiger partial charge >= 0.3 is 0 Å². The second-order valence-corrected chi connectivity index (χ2v) is 4.60. The number of aryl methyl sites for hydroxylation is 1. The summed E-state index contributed by atoms with van der Waals surface area (Å²) in [7, 11) is 0. The average Bonchev–Trinajstić information content (AvgIpc) is 2.53. The monoisotopic (exact) mass is 264 g/mol. The molecule has 0 saturated carbocycles. The van der Waals surface area contributed by atoms with Crippen molar-refractivity contribution >= 4 is 16.7 Å². The number of hydrogen-bond acceptors (Lipinski definition) is 4. The minimum atomic E-state index is 0.656. The van der Waals surface area contributed by atoms with Gasteiger partial charge in [-0.2, -0.15) is 0 Å². The summed E-state index contributed by atoms with van der Waals surface area (Å²) in [5, 5.41) is 4.40. The van der Waals surface area contributed by atoms with Gasteiger partial charge < -0.3 is 5.32 Å². The lowest BCUT2D eigenvalue weighted by atomic mass is 10.1. The Morgan fingerprint density at radius 2 is 2.00 bits per heavy atom. The Labute approximate surface area is 117 Å². The maximum atomic E-state index is 4.35. The number of hydrogen-bond donors (Lipinski definition) is 1. The van der Waals surface area contributed by atoms with Crippen LogP contribution < -0.4 is 5.32 Å². The molecule has 0 bridgehead atoms. The Morgan fingerprint density at radius 3 is 2.80 bits per heavy atom. The number of rotatable bonds is 4. The summed E-state index contributed by atoms with van der Waals surface area (Å²) in [6.45, 7) is 2.80. The summed E-state index contributed by atoms with van der Waals surface area (Å²) in [4.78, 5) is 13.0. The van der Waals surface area contributed by atoms with Crippen molar-refractivity contribution in [3.05, 3.63) is 60.2 Å². The molecule has 0 aliphatic heterocycles. The SMILES string of the molecule is CCc1ccc2ncnc(NCc3ccccn3)c2c1. The molecule has 2 aromatic heterocycles. The van der Waals surface area contributed by atoms with E-state index in [2.05, 4.69) is 39.3 Å². The van der Waals surface area contributed by atoms with Gasteiger partial charge in [0.05, 0.1) is 17.8 Å². The Hall–Kier alpha value is -2.49. The van der Waals surface area contributed by atoms with E-state index in [1.165, 1.54) is 5.56 Å². The fraction of sp³-hybridized carbons (Fsp3) is 0.188. The zero-order valence-corrected chi connectivity index (χ0v) is 11.4. The van der Waals surface area contributed by atoms with Gasteiger partial charge in [0.25, 0.3) is 0 Å². The highest BCUT2D eigenvalue weighted by molar-refractivity contribution is 5.89. The minimum Gasteiger partial charge on any atom is -0.364 e. The highest BCUT2D eigenvalue weighted by Gasteiger charge is 2.04. The maximum Gasteiger partial charge on any atom is 0.137 e. The van der Waals surface area contributed by atoms with Gasteiger partial charge in [-0.15, -0.1) is 0 Å². The second-order valence-electron chi connectivity index (χ2n) is 4.60. The predicted molar refractivity (Wildman–Crippen MR) is 80.5 cm³/mol. The Morgan fingerprint density at radius 1 is 1.05 bits per heavy atom. The van der Waals surface area contributed by atoms with Crippen LogP contribution in [0.3, 0.4) is 0 Å². The molecule has 0 aliphatic carbocycles. The van der Waals surface area contributed by atoms with Crippen molar-refractivity contribution in [1.82, 2.24) is 15.0 Å². The van der Waals surface area contributed by atoms with Gasteiger partial charge in [-0.25, -0.2) is 9.97 Å². The van der Waals surface area contributed by atoms with Crippen LogP contribution in [0.2, 0.25) is 0 Å². The molecule has 4 nitrogen and oxygen atoms in total. The number of aromatic nitrogens is 3. The molecule has 100 valence electrons. The van der Waals surface area contributed by atoms with Crippen molar-refractivity contribution in [3.63, 3.8) is 0 Å². The molecule has 0 radical (unpaired) electrons. The maximum absolute atomic E-state index is 4.35. The van der Waals surface area contributed by atoms with Crippen LogP contribution in [0, 0.1) is 0 Å². The molecule has 0 spiro atoms. The van der Waals surface area contributed by atoms with Gasteiger partial charge in [-0.3, -0.25) is 4.98 Å². The lowest BCUT2D eigenvalue weighted by molar-refractivity contribution is 1.03. The molecule has 0 unspecified atom stereocenters. The third kappa shape index (κ3) is 2.59. The van der Waals surface area contributed by atoms with Crippen LogP contribution >= 0.6 is 0 Å². The molecule has 0 aliphatic rings. The highest BCUT2D eigenvalue weighted by atomic mass is 15.0. The minimum absolute atomic E-state index is 0.656. The Bertz CT molecular complexity index is 710. The van der Waals surface area contributed by atoms with E-state index in [0.29, 0.717) is 6.54 Å². The van der Waals surface area contributed by atoms with Gasteiger partial charge in [0.1, 0.15) is 12.1 Å². The summed E-state index contributed by atoms with van der Waals surface area (Å²) >= 11 is 0. The molecule has 1 N–H and O–H groups in total. The standard InChI is InChI=1S/C16H16N4/c1-2-12-6-7-15-14(9-12)16(20-11-19-15)18-10-13-5-3-4-8-17-13/h3-9,11H,2,10H2,1H3,(H,18,19,20). The molecule has 3 aromatic rings. The summed E-state index contributed by atoms with van der Waals surface area (Å²) in [5.41, 5.74) is 3.24. The summed E-state index contributed by atoms with van der Waals surface area (Å²) in [5.74, 6) is 0.857. The smallest absolute Gasteiger partial charge is 0.137 e. The summed E-state index contributed by atoms with van der Waals surface area (Å²) in [6.07, 6.45) is 4.39. The van der Waals surface area contributed by atoms with Gasteiger partial charge in [0, 0.05) is 11.6 Å². The molecule has 0 atom stereocenters. The first-order valence-electron chi connectivity index (χ1n) is 6.74. The lowest BCUT2D eigenvalue weighted by Crippen LogP contribution is -2.04. The molecule has 0 fully saturated rings. The van der Waals surface area contributed by atoms with Gasteiger partial charge in [-0.05, 0) is 36.2 Å². The van der Waals surface area contributed by atoms with Crippen LogP contribution in [0.5, 0.6) is 0 Å². The molecule has 2 heterocycles. The summed E-state index contributed by atoms with van der Waals surface area (Å²) in [6, 6.07) is 12.2. The van der Waals surface area contributed by atoms with Crippen LogP contribution in [0.15, 0.2) is 48.9 Å². The number of anilines is 1. The van der Waals surface area contributed by atoms with Gasteiger partial charge in [0.2, 0.25) is 0 Å². The van der Waals surface area contributed by atoms with E-state index >= 15 is 0 Å². The Balaban J connectivity index is 1.90. The first-order chi connectivity index (χ1) is 9.86. The van der Waals surface area contributed by atoms with E-state index in [1.54, 1.807) is 12.5 Å². The van der Waals surface area contributed by atoms with E-state index in [-0.39, 0.29) is 0 Å². The van der Waals surface area contributed by atoms with Gasteiger partial charge in [-0.1, -0.05) is 19.1 Å².